The molecular formula is C21H18N4O. The van der Waals surface area contributed by atoms with Gasteiger partial charge in [-0.3, -0.25) is 14.8 Å². The van der Waals surface area contributed by atoms with Gasteiger partial charge in [0.15, 0.2) is 0 Å². The number of benzene rings is 1. The van der Waals surface area contributed by atoms with Crippen molar-refractivity contribution in [2.75, 3.05) is 0 Å². The minimum Gasteiger partial charge on any atom is -0.272 e. The molecule has 1 aliphatic heterocycles. The second-order valence-corrected chi connectivity index (χ2v) is 6.16. The van der Waals surface area contributed by atoms with E-state index in [1.54, 1.807) is 23.6 Å². The molecule has 0 spiro atoms. The van der Waals surface area contributed by atoms with Crippen molar-refractivity contribution in [2.45, 2.75) is 18.9 Å². The number of hydrazone groups is 1. The lowest BCUT2D eigenvalue weighted by atomic mass is 9.99. The van der Waals surface area contributed by atoms with E-state index in [1.165, 1.54) is 0 Å². The van der Waals surface area contributed by atoms with Crippen LogP contribution in [0.1, 0.15) is 29.3 Å². The lowest BCUT2D eigenvalue weighted by molar-refractivity contribution is -0.132. The van der Waals surface area contributed by atoms with Crippen LogP contribution < -0.4 is 0 Å². The van der Waals surface area contributed by atoms with E-state index in [-0.39, 0.29) is 18.4 Å². The van der Waals surface area contributed by atoms with Gasteiger partial charge in [-0.25, -0.2) is 5.01 Å². The van der Waals surface area contributed by atoms with E-state index in [4.69, 9.17) is 0 Å². The third-order valence-corrected chi connectivity index (χ3v) is 4.40. The molecule has 0 fully saturated rings. The molecule has 1 unspecified atom stereocenters. The van der Waals surface area contributed by atoms with Crippen LogP contribution in [0.2, 0.25) is 0 Å². The van der Waals surface area contributed by atoms with Crippen LogP contribution >= 0.6 is 0 Å². The van der Waals surface area contributed by atoms with E-state index >= 15 is 0 Å². The highest BCUT2D eigenvalue weighted by Gasteiger charge is 2.33. The molecule has 3 heterocycles. The lowest BCUT2D eigenvalue weighted by Gasteiger charge is -2.22. The standard InChI is InChI=1S/C21H18N4O/c26-21(13-18-10-4-5-12-23-18)25-20(16-7-2-1-3-8-16)14-19(24-25)17-9-6-11-22-15-17/h1-12,15,20H,13-14H2. The molecular weight excluding hydrogens is 324 g/mol. The third kappa shape index (κ3) is 3.37. The van der Waals surface area contributed by atoms with E-state index < -0.39 is 0 Å². The summed E-state index contributed by atoms with van der Waals surface area (Å²) in [5.41, 5.74) is 3.64. The molecule has 5 heteroatoms. The summed E-state index contributed by atoms with van der Waals surface area (Å²) >= 11 is 0. The minimum absolute atomic E-state index is 0.0588. The van der Waals surface area contributed by atoms with Crippen LogP contribution in [0.3, 0.4) is 0 Å². The molecule has 0 saturated heterocycles. The molecule has 26 heavy (non-hydrogen) atoms. The summed E-state index contributed by atoms with van der Waals surface area (Å²) in [5.74, 6) is -0.0588. The van der Waals surface area contributed by atoms with E-state index in [0.717, 1.165) is 22.5 Å². The summed E-state index contributed by atoms with van der Waals surface area (Å²) in [7, 11) is 0. The van der Waals surface area contributed by atoms with Crippen molar-refractivity contribution in [1.82, 2.24) is 15.0 Å². The average molecular weight is 342 g/mol. The largest absolute Gasteiger partial charge is 0.272 e. The van der Waals surface area contributed by atoms with Crippen LogP contribution in [0.15, 0.2) is 84.4 Å². The lowest BCUT2D eigenvalue weighted by Crippen LogP contribution is -2.28. The van der Waals surface area contributed by atoms with Crippen LogP contribution in [0.5, 0.6) is 0 Å². The zero-order chi connectivity index (χ0) is 17.8. The van der Waals surface area contributed by atoms with E-state index in [0.29, 0.717) is 6.42 Å². The summed E-state index contributed by atoms with van der Waals surface area (Å²) in [6.45, 7) is 0. The Morgan fingerprint density at radius 2 is 1.85 bits per heavy atom. The topological polar surface area (TPSA) is 58.5 Å². The predicted octanol–water partition coefficient (Wildman–Crippen LogP) is 3.40. The Bertz CT molecular complexity index is 911. The Hall–Kier alpha value is -3.34. The Morgan fingerprint density at radius 1 is 1.00 bits per heavy atom. The van der Waals surface area contributed by atoms with Crippen molar-refractivity contribution in [1.29, 1.82) is 0 Å². The van der Waals surface area contributed by atoms with Crippen molar-refractivity contribution >= 4 is 11.6 Å². The number of rotatable bonds is 4. The summed E-state index contributed by atoms with van der Waals surface area (Å²) in [6, 6.07) is 19.3. The van der Waals surface area contributed by atoms with Gasteiger partial charge in [0.1, 0.15) is 0 Å². The fourth-order valence-corrected chi connectivity index (χ4v) is 3.12. The zero-order valence-electron chi connectivity index (χ0n) is 14.2. The fourth-order valence-electron chi connectivity index (χ4n) is 3.12. The first kappa shape index (κ1) is 16.1. The van der Waals surface area contributed by atoms with Gasteiger partial charge in [0.05, 0.1) is 18.2 Å². The van der Waals surface area contributed by atoms with Crippen LogP contribution in [0, 0.1) is 0 Å². The number of hydrogen-bond acceptors (Lipinski definition) is 4. The van der Waals surface area contributed by atoms with E-state index in [2.05, 4.69) is 15.1 Å². The second-order valence-electron chi connectivity index (χ2n) is 6.16. The monoisotopic (exact) mass is 342 g/mol. The normalized spacial score (nSPS) is 16.4. The summed E-state index contributed by atoms with van der Waals surface area (Å²) in [5, 5.41) is 6.25. The molecule has 0 N–H and O–H groups in total. The van der Waals surface area contributed by atoms with Crippen molar-refractivity contribution in [3.63, 3.8) is 0 Å². The highest BCUT2D eigenvalue weighted by Crippen LogP contribution is 2.32. The van der Waals surface area contributed by atoms with Gasteiger partial charge in [0.25, 0.3) is 0 Å². The summed E-state index contributed by atoms with van der Waals surface area (Å²) in [6.07, 6.45) is 6.12. The Balaban J connectivity index is 1.65. The van der Waals surface area contributed by atoms with Crippen molar-refractivity contribution in [2.24, 2.45) is 5.10 Å². The Kier molecular flexibility index (Phi) is 4.51. The number of carbonyl (C=O) groups is 1. The number of aromatic nitrogens is 2. The Labute approximate surface area is 152 Å². The number of amides is 1. The molecule has 1 atom stereocenters. The average Bonchev–Trinajstić information content (AvgIpc) is 3.16. The number of carbonyl (C=O) groups excluding carboxylic acids is 1. The van der Waals surface area contributed by atoms with E-state index in [1.807, 2.05) is 60.7 Å². The quantitative estimate of drug-likeness (QED) is 0.730. The molecule has 4 rings (SSSR count). The third-order valence-electron chi connectivity index (χ3n) is 4.40. The molecule has 1 aromatic carbocycles. The second kappa shape index (κ2) is 7.27. The maximum Gasteiger partial charge on any atom is 0.249 e. The minimum atomic E-state index is -0.109. The first-order chi connectivity index (χ1) is 12.8. The van der Waals surface area contributed by atoms with Gasteiger partial charge < -0.3 is 0 Å². The summed E-state index contributed by atoms with van der Waals surface area (Å²) < 4.78 is 0. The van der Waals surface area contributed by atoms with Gasteiger partial charge >= 0.3 is 0 Å². The van der Waals surface area contributed by atoms with Crippen molar-refractivity contribution in [3.05, 3.63) is 96.1 Å². The van der Waals surface area contributed by atoms with Crippen LogP contribution in [-0.2, 0) is 11.2 Å². The SMILES string of the molecule is O=C(Cc1ccccn1)N1N=C(c2cccnc2)CC1c1ccccc1. The molecule has 0 aliphatic carbocycles. The zero-order valence-corrected chi connectivity index (χ0v) is 14.2. The molecule has 2 aromatic heterocycles. The molecule has 0 radical (unpaired) electrons. The molecule has 128 valence electrons. The van der Waals surface area contributed by atoms with Crippen LogP contribution in [0.25, 0.3) is 0 Å². The van der Waals surface area contributed by atoms with Gasteiger partial charge in [-0.15, -0.1) is 0 Å². The number of pyridine rings is 2. The van der Waals surface area contributed by atoms with Gasteiger partial charge in [-0.05, 0) is 23.8 Å². The van der Waals surface area contributed by atoms with Gasteiger partial charge in [-0.2, -0.15) is 5.10 Å². The first-order valence-electron chi connectivity index (χ1n) is 8.56. The maximum absolute atomic E-state index is 12.9. The molecule has 0 bridgehead atoms. The smallest absolute Gasteiger partial charge is 0.249 e. The van der Waals surface area contributed by atoms with Crippen molar-refractivity contribution in [3.8, 4) is 0 Å². The van der Waals surface area contributed by atoms with Gasteiger partial charge in [-0.1, -0.05) is 42.5 Å². The van der Waals surface area contributed by atoms with Crippen LogP contribution in [-0.4, -0.2) is 26.6 Å². The molecule has 1 aliphatic rings. The molecule has 3 aromatic rings. The number of nitrogens with zero attached hydrogens (tertiary/aromatic N) is 4. The molecule has 0 saturated carbocycles. The number of hydrogen-bond donors (Lipinski definition) is 0. The predicted molar refractivity (Wildman–Crippen MR) is 99.4 cm³/mol. The first-order valence-corrected chi connectivity index (χ1v) is 8.56. The summed E-state index contributed by atoms with van der Waals surface area (Å²) in [4.78, 5) is 21.4. The molecule has 5 nitrogen and oxygen atoms in total. The van der Waals surface area contributed by atoms with E-state index in [9.17, 15) is 4.79 Å². The van der Waals surface area contributed by atoms with Gasteiger partial charge in [0.2, 0.25) is 5.91 Å². The molecule has 1 amide bonds. The maximum atomic E-state index is 12.9. The highest BCUT2D eigenvalue weighted by molar-refractivity contribution is 6.03. The Morgan fingerprint density at radius 3 is 2.58 bits per heavy atom. The fraction of sp³-hybridized carbons (Fsp3) is 0.143. The highest BCUT2D eigenvalue weighted by atomic mass is 16.2. The van der Waals surface area contributed by atoms with Crippen LogP contribution in [0.4, 0.5) is 0 Å². The van der Waals surface area contributed by atoms with Gasteiger partial charge in [0, 0.05) is 36.3 Å². The van der Waals surface area contributed by atoms with Crippen molar-refractivity contribution < 1.29 is 4.79 Å².